The normalized spacial score (nSPS) is 11.3. The lowest BCUT2D eigenvalue weighted by atomic mass is 10.1. The van der Waals surface area contributed by atoms with Crippen LogP contribution in [0.15, 0.2) is 18.2 Å². The van der Waals surface area contributed by atoms with Crippen molar-refractivity contribution in [1.82, 2.24) is 0 Å². The molecule has 1 unspecified atom stereocenters. The molecule has 1 aromatic rings. The molecule has 0 fully saturated rings. The summed E-state index contributed by atoms with van der Waals surface area (Å²) in [5, 5.41) is 9.11. The Balaban J connectivity index is 2.95. The summed E-state index contributed by atoms with van der Waals surface area (Å²) in [5.74, 6) is 0.132. The van der Waals surface area contributed by atoms with Gasteiger partial charge in [-0.1, -0.05) is 6.92 Å². The zero-order valence-electron chi connectivity index (χ0n) is 11.6. The van der Waals surface area contributed by atoms with E-state index in [2.05, 4.69) is 6.07 Å². The molecule has 102 valence electrons. The second-order valence-electron chi connectivity index (χ2n) is 4.30. The van der Waals surface area contributed by atoms with Crippen LogP contribution in [0.3, 0.4) is 0 Å². The van der Waals surface area contributed by atoms with Gasteiger partial charge in [0.15, 0.2) is 0 Å². The zero-order chi connectivity index (χ0) is 14.4. The summed E-state index contributed by atoms with van der Waals surface area (Å²) in [6, 6.07) is 7.35. The number of methoxy groups -OCH3 is 2. The molecule has 0 saturated heterocycles. The lowest BCUT2D eigenvalue weighted by Gasteiger charge is -2.23. The third-order valence-electron chi connectivity index (χ3n) is 2.89. The Morgan fingerprint density at radius 1 is 1.47 bits per heavy atom. The van der Waals surface area contributed by atoms with Crippen LogP contribution in [0.1, 0.15) is 12.5 Å². The molecule has 0 radical (unpaired) electrons. The van der Waals surface area contributed by atoms with Crippen LogP contribution in [0.2, 0.25) is 0 Å². The Hall–Kier alpha value is -2.22. The van der Waals surface area contributed by atoms with Gasteiger partial charge >= 0.3 is 5.97 Å². The van der Waals surface area contributed by atoms with Crippen LogP contribution >= 0.6 is 0 Å². The van der Waals surface area contributed by atoms with Gasteiger partial charge in [0.05, 0.1) is 31.4 Å². The molecule has 19 heavy (non-hydrogen) atoms. The molecule has 1 atom stereocenters. The van der Waals surface area contributed by atoms with Gasteiger partial charge in [-0.3, -0.25) is 4.79 Å². The first-order valence-electron chi connectivity index (χ1n) is 5.90. The number of nitriles is 1. The Morgan fingerprint density at radius 2 is 2.16 bits per heavy atom. The van der Waals surface area contributed by atoms with E-state index in [0.717, 1.165) is 5.69 Å². The molecule has 1 rings (SSSR count). The molecule has 5 nitrogen and oxygen atoms in total. The van der Waals surface area contributed by atoms with E-state index in [4.69, 9.17) is 14.7 Å². The summed E-state index contributed by atoms with van der Waals surface area (Å²) in [5.41, 5.74) is 1.28. The molecule has 1 aromatic carbocycles. The van der Waals surface area contributed by atoms with Gasteiger partial charge in [0, 0.05) is 19.7 Å². The van der Waals surface area contributed by atoms with E-state index < -0.39 is 0 Å². The second-order valence-corrected chi connectivity index (χ2v) is 4.30. The van der Waals surface area contributed by atoms with Crippen LogP contribution < -0.4 is 9.64 Å². The predicted molar refractivity (Wildman–Crippen MR) is 72.2 cm³/mol. The molecule has 0 aliphatic heterocycles. The summed E-state index contributed by atoms with van der Waals surface area (Å²) in [6.07, 6.45) is 0. The number of benzene rings is 1. The fourth-order valence-electron chi connectivity index (χ4n) is 1.83. The van der Waals surface area contributed by atoms with E-state index in [0.29, 0.717) is 17.9 Å². The maximum absolute atomic E-state index is 11.4. The monoisotopic (exact) mass is 262 g/mol. The number of carbonyl (C=O) groups is 1. The van der Waals surface area contributed by atoms with E-state index in [1.807, 2.05) is 11.9 Å². The van der Waals surface area contributed by atoms with Gasteiger partial charge in [0.25, 0.3) is 0 Å². The minimum atomic E-state index is -0.271. The van der Waals surface area contributed by atoms with E-state index in [1.165, 1.54) is 7.11 Å². The molecule has 0 heterocycles. The van der Waals surface area contributed by atoms with Gasteiger partial charge in [-0.05, 0) is 12.1 Å². The maximum Gasteiger partial charge on any atom is 0.310 e. The molecule has 0 bridgehead atoms. The van der Waals surface area contributed by atoms with Crippen LogP contribution in [0.5, 0.6) is 5.75 Å². The lowest BCUT2D eigenvalue weighted by molar-refractivity contribution is -0.144. The molecule has 0 N–H and O–H groups in total. The van der Waals surface area contributed by atoms with Crippen LogP contribution in [0.25, 0.3) is 0 Å². The number of nitrogens with zero attached hydrogens (tertiary/aromatic N) is 2. The molecule has 0 amide bonds. The van der Waals surface area contributed by atoms with E-state index in [-0.39, 0.29) is 11.9 Å². The van der Waals surface area contributed by atoms with Crippen LogP contribution in [-0.4, -0.2) is 33.8 Å². The number of esters is 1. The van der Waals surface area contributed by atoms with E-state index in [9.17, 15) is 4.79 Å². The van der Waals surface area contributed by atoms with Crippen LogP contribution in [-0.2, 0) is 9.53 Å². The maximum atomic E-state index is 11.4. The van der Waals surface area contributed by atoms with Gasteiger partial charge in [-0.15, -0.1) is 0 Å². The number of anilines is 1. The van der Waals surface area contributed by atoms with Crippen molar-refractivity contribution in [2.24, 2.45) is 5.92 Å². The molecule has 0 spiro atoms. The highest BCUT2D eigenvalue weighted by atomic mass is 16.5. The van der Waals surface area contributed by atoms with E-state index >= 15 is 0 Å². The van der Waals surface area contributed by atoms with Crippen molar-refractivity contribution < 1.29 is 14.3 Å². The second kappa shape index (κ2) is 6.64. The highest BCUT2D eigenvalue weighted by Gasteiger charge is 2.17. The van der Waals surface area contributed by atoms with Gasteiger partial charge in [-0.25, -0.2) is 0 Å². The smallest absolute Gasteiger partial charge is 0.310 e. The van der Waals surface area contributed by atoms with Crippen LogP contribution in [0, 0.1) is 17.2 Å². The first kappa shape index (κ1) is 14.8. The first-order chi connectivity index (χ1) is 9.03. The van der Waals surface area contributed by atoms with Crippen molar-refractivity contribution in [1.29, 1.82) is 5.26 Å². The molecule has 0 aliphatic carbocycles. The Morgan fingerprint density at radius 3 is 2.68 bits per heavy atom. The molecule has 0 aromatic heterocycles. The standard InChI is InChI=1S/C14H18N2O3/c1-10(14(17)19-4)9-16(2)13-7-12(18-3)6-5-11(13)8-15/h5-7,10H,9H2,1-4H3. The largest absolute Gasteiger partial charge is 0.497 e. The quantitative estimate of drug-likeness (QED) is 0.757. The number of ether oxygens (including phenoxy) is 2. The molecular weight excluding hydrogens is 244 g/mol. The van der Waals surface area contributed by atoms with Gasteiger partial charge in [0.2, 0.25) is 0 Å². The number of carbonyl (C=O) groups excluding carboxylic acids is 1. The van der Waals surface area contributed by atoms with Crippen molar-refractivity contribution in [2.75, 3.05) is 32.7 Å². The summed E-state index contributed by atoms with van der Waals surface area (Å²) < 4.78 is 9.85. The van der Waals surface area contributed by atoms with E-state index in [1.54, 1.807) is 32.2 Å². The van der Waals surface area contributed by atoms with Gasteiger partial charge in [-0.2, -0.15) is 5.26 Å². The summed E-state index contributed by atoms with van der Waals surface area (Å²) in [4.78, 5) is 13.3. The zero-order valence-corrected chi connectivity index (χ0v) is 11.6. The highest BCUT2D eigenvalue weighted by molar-refractivity contribution is 5.73. The minimum Gasteiger partial charge on any atom is -0.497 e. The topological polar surface area (TPSA) is 62.6 Å². The highest BCUT2D eigenvalue weighted by Crippen LogP contribution is 2.25. The first-order valence-corrected chi connectivity index (χ1v) is 5.90. The molecule has 0 aliphatic rings. The minimum absolute atomic E-state index is 0.270. The Bertz CT molecular complexity index is 494. The number of hydrogen-bond donors (Lipinski definition) is 0. The summed E-state index contributed by atoms with van der Waals surface area (Å²) in [7, 11) is 4.77. The summed E-state index contributed by atoms with van der Waals surface area (Å²) >= 11 is 0. The van der Waals surface area contributed by atoms with Crippen molar-refractivity contribution in [2.45, 2.75) is 6.92 Å². The SMILES string of the molecule is COC(=O)C(C)CN(C)c1cc(OC)ccc1C#N. The molecular formula is C14H18N2O3. The van der Waals surface area contributed by atoms with Gasteiger partial charge in [0.1, 0.15) is 11.8 Å². The Labute approximate surface area is 113 Å². The Kier molecular flexibility index (Phi) is 5.19. The third-order valence-corrected chi connectivity index (χ3v) is 2.89. The van der Waals surface area contributed by atoms with Crippen molar-refractivity contribution in [3.63, 3.8) is 0 Å². The lowest BCUT2D eigenvalue weighted by Crippen LogP contribution is -2.29. The average Bonchev–Trinajstić information content (AvgIpc) is 2.45. The van der Waals surface area contributed by atoms with Crippen molar-refractivity contribution in [3.05, 3.63) is 23.8 Å². The van der Waals surface area contributed by atoms with Crippen LogP contribution in [0.4, 0.5) is 5.69 Å². The van der Waals surface area contributed by atoms with Crippen molar-refractivity contribution in [3.8, 4) is 11.8 Å². The fraction of sp³-hybridized carbons (Fsp3) is 0.429. The number of hydrogen-bond acceptors (Lipinski definition) is 5. The van der Waals surface area contributed by atoms with Gasteiger partial charge < -0.3 is 14.4 Å². The molecule has 5 heteroatoms. The average molecular weight is 262 g/mol. The fourth-order valence-corrected chi connectivity index (χ4v) is 1.83. The molecule has 0 saturated carbocycles. The number of rotatable bonds is 5. The third kappa shape index (κ3) is 3.62. The predicted octanol–water partition coefficient (Wildman–Crippen LogP) is 1.81. The summed E-state index contributed by atoms with van der Waals surface area (Å²) in [6.45, 7) is 2.25. The van der Waals surface area contributed by atoms with Crippen molar-refractivity contribution >= 4 is 11.7 Å².